The van der Waals surface area contributed by atoms with Crippen molar-refractivity contribution in [1.82, 2.24) is 4.90 Å². The summed E-state index contributed by atoms with van der Waals surface area (Å²) in [6, 6.07) is 8.13. The molecule has 1 saturated heterocycles. The molecule has 1 fully saturated rings. The largest absolute Gasteiger partial charge is 0.334 e. The Labute approximate surface area is 122 Å². The minimum absolute atomic E-state index is 0.0319. The van der Waals surface area contributed by atoms with Crippen LogP contribution in [0.3, 0.4) is 0 Å². The highest BCUT2D eigenvalue weighted by Crippen LogP contribution is 2.30. The first-order valence-corrected chi connectivity index (χ1v) is 7.46. The molecule has 0 saturated carbocycles. The van der Waals surface area contributed by atoms with Gasteiger partial charge in [-0.25, -0.2) is 0 Å². The molecule has 2 rings (SSSR count). The maximum atomic E-state index is 12.9. The Morgan fingerprint density at radius 1 is 1.35 bits per heavy atom. The molecule has 2 atom stereocenters. The van der Waals surface area contributed by atoms with Crippen LogP contribution in [0.1, 0.15) is 50.0 Å². The molecular weight excluding hydrogens is 248 g/mol. The summed E-state index contributed by atoms with van der Waals surface area (Å²) in [6.07, 6.45) is 1.05. The highest BCUT2D eigenvalue weighted by molar-refractivity contribution is 5.96. The molecule has 3 heteroatoms. The van der Waals surface area contributed by atoms with Gasteiger partial charge in [-0.15, -0.1) is 0 Å². The van der Waals surface area contributed by atoms with Crippen molar-refractivity contribution >= 4 is 5.91 Å². The highest BCUT2D eigenvalue weighted by atomic mass is 16.2. The van der Waals surface area contributed by atoms with Gasteiger partial charge in [0.15, 0.2) is 0 Å². The summed E-state index contributed by atoms with van der Waals surface area (Å²) in [5.74, 6) is 0.626. The van der Waals surface area contributed by atoms with Crippen molar-refractivity contribution in [3.05, 3.63) is 35.4 Å². The molecule has 0 spiro atoms. The van der Waals surface area contributed by atoms with E-state index in [9.17, 15) is 4.79 Å². The first-order chi connectivity index (χ1) is 9.36. The van der Waals surface area contributed by atoms with Crippen molar-refractivity contribution in [2.24, 2.45) is 11.7 Å². The van der Waals surface area contributed by atoms with Gasteiger partial charge in [0.05, 0.1) is 0 Å². The zero-order valence-corrected chi connectivity index (χ0v) is 13.0. The van der Waals surface area contributed by atoms with Gasteiger partial charge in [-0.1, -0.05) is 45.9 Å². The Kier molecular flexibility index (Phi) is 4.19. The summed E-state index contributed by atoms with van der Waals surface area (Å²) in [4.78, 5) is 14.9. The number of carbonyl (C=O) groups is 1. The smallest absolute Gasteiger partial charge is 0.254 e. The summed E-state index contributed by atoms with van der Waals surface area (Å²) in [6.45, 7) is 9.98. The summed E-state index contributed by atoms with van der Waals surface area (Å²) >= 11 is 0. The molecule has 2 unspecified atom stereocenters. The average Bonchev–Trinajstić information content (AvgIpc) is 2.78. The molecule has 1 aliphatic rings. The molecule has 110 valence electrons. The first-order valence-electron chi connectivity index (χ1n) is 7.46. The average molecular weight is 274 g/mol. The number of hydrogen-bond acceptors (Lipinski definition) is 2. The minimum atomic E-state index is -0.0319. The van der Waals surface area contributed by atoms with Crippen molar-refractivity contribution in [3.63, 3.8) is 0 Å². The molecular formula is C17H26N2O. The number of hydrogen-bond donors (Lipinski definition) is 1. The highest BCUT2D eigenvalue weighted by Gasteiger charge is 2.35. The van der Waals surface area contributed by atoms with Crippen LogP contribution in [0.15, 0.2) is 24.3 Å². The van der Waals surface area contributed by atoms with E-state index in [1.54, 1.807) is 0 Å². The van der Waals surface area contributed by atoms with E-state index < -0.39 is 0 Å². The lowest BCUT2D eigenvalue weighted by Crippen LogP contribution is -2.42. The van der Waals surface area contributed by atoms with E-state index in [4.69, 9.17) is 5.73 Å². The quantitative estimate of drug-likeness (QED) is 0.901. The number of amides is 1. The molecule has 3 nitrogen and oxygen atoms in total. The third-order valence-electron chi connectivity index (χ3n) is 4.35. The Balaban J connectivity index is 2.35. The molecule has 0 radical (unpaired) electrons. The number of carbonyl (C=O) groups excluding carboxylic acids is 1. The Morgan fingerprint density at radius 2 is 2.00 bits per heavy atom. The molecule has 2 N–H and O–H groups in total. The van der Waals surface area contributed by atoms with E-state index in [0.717, 1.165) is 24.1 Å². The molecule has 1 aromatic rings. The van der Waals surface area contributed by atoms with E-state index in [1.165, 1.54) is 0 Å². The second kappa shape index (κ2) is 5.57. The van der Waals surface area contributed by atoms with Crippen LogP contribution in [0.2, 0.25) is 0 Å². The van der Waals surface area contributed by atoms with Crippen molar-refractivity contribution in [2.75, 3.05) is 13.1 Å². The van der Waals surface area contributed by atoms with Crippen LogP contribution in [-0.2, 0) is 5.41 Å². The lowest BCUT2D eigenvalue weighted by molar-refractivity contribution is 0.0725. The topological polar surface area (TPSA) is 46.3 Å². The monoisotopic (exact) mass is 274 g/mol. The van der Waals surface area contributed by atoms with E-state index >= 15 is 0 Å². The van der Waals surface area contributed by atoms with Gasteiger partial charge >= 0.3 is 0 Å². The van der Waals surface area contributed by atoms with Gasteiger partial charge < -0.3 is 10.6 Å². The summed E-state index contributed by atoms with van der Waals surface area (Å²) in [5.41, 5.74) is 7.77. The third kappa shape index (κ3) is 2.73. The molecule has 0 bridgehead atoms. The molecule has 0 aliphatic carbocycles. The Hall–Kier alpha value is -1.35. The van der Waals surface area contributed by atoms with Gasteiger partial charge in [0.25, 0.3) is 5.91 Å². The second-order valence-corrected chi connectivity index (χ2v) is 6.86. The zero-order valence-electron chi connectivity index (χ0n) is 13.0. The standard InChI is InChI=1S/C17H26N2O/c1-12-9-10-19(15(12)11-18)16(20)13-7-5-6-8-14(13)17(2,3)4/h5-8,12,15H,9-11,18H2,1-4H3. The fraction of sp³-hybridized carbons (Fsp3) is 0.588. The lowest BCUT2D eigenvalue weighted by Gasteiger charge is -2.29. The number of rotatable bonds is 2. The molecule has 20 heavy (non-hydrogen) atoms. The molecule has 1 amide bonds. The van der Waals surface area contributed by atoms with Crippen LogP contribution >= 0.6 is 0 Å². The Morgan fingerprint density at radius 3 is 2.60 bits per heavy atom. The van der Waals surface area contributed by atoms with Crippen LogP contribution in [0, 0.1) is 5.92 Å². The van der Waals surface area contributed by atoms with Crippen LogP contribution in [0.5, 0.6) is 0 Å². The minimum Gasteiger partial charge on any atom is -0.334 e. The second-order valence-electron chi connectivity index (χ2n) is 6.86. The van der Waals surface area contributed by atoms with Gasteiger partial charge in [-0.3, -0.25) is 4.79 Å². The first kappa shape index (κ1) is 15.0. The normalized spacial score (nSPS) is 23.1. The van der Waals surface area contributed by atoms with Crippen molar-refractivity contribution in [2.45, 2.75) is 45.6 Å². The van der Waals surface area contributed by atoms with Crippen molar-refractivity contribution in [3.8, 4) is 0 Å². The fourth-order valence-electron chi connectivity index (χ4n) is 3.10. The summed E-state index contributed by atoms with van der Waals surface area (Å²) in [5, 5.41) is 0. The van der Waals surface area contributed by atoms with E-state index in [1.807, 2.05) is 23.1 Å². The molecule has 0 aromatic heterocycles. The molecule has 1 aromatic carbocycles. The van der Waals surface area contributed by atoms with Crippen LogP contribution < -0.4 is 5.73 Å². The van der Waals surface area contributed by atoms with E-state index in [2.05, 4.69) is 33.8 Å². The van der Waals surface area contributed by atoms with Crippen LogP contribution in [-0.4, -0.2) is 29.9 Å². The van der Waals surface area contributed by atoms with Gasteiger partial charge in [-0.05, 0) is 29.4 Å². The maximum Gasteiger partial charge on any atom is 0.254 e. The SMILES string of the molecule is CC1CCN(C(=O)c2ccccc2C(C)(C)C)C1CN. The van der Waals surface area contributed by atoms with E-state index in [0.29, 0.717) is 12.5 Å². The predicted octanol–water partition coefficient (Wildman–Crippen LogP) is 2.79. The maximum absolute atomic E-state index is 12.9. The van der Waals surface area contributed by atoms with Gasteiger partial charge in [0, 0.05) is 24.7 Å². The van der Waals surface area contributed by atoms with Crippen LogP contribution in [0.4, 0.5) is 0 Å². The number of likely N-dealkylation sites (tertiary alicyclic amines) is 1. The summed E-state index contributed by atoms with van der Waals surface area (Å²) < 4.78 is 0. The third-order valence-corrected chi connectivity index (χ3v) is 4.35. The number of nitrogens with two attached hydrogens (primary N) is 1. The number of benzene rings is 1. The molecule has 1 aliphatic heterocycles. The number of nitrogens with zero attached hydrogens (tertiary/aromatic N) is 1. The van der Waals surface area contributed by atoms with Crippen molar-refractivity contribution < 1.29 is 4.79 Å². The fourth-order valence-corrected chi connectivity index (χ4v) is 3.10. The summed E-state index contributed by atoms with van der Waals surface area (Å²) in [7, 11) is 0. The van der Waals surface area contributed by atoms with Crippen LogP contribution in [0.25, 0.3) is 0 Å². The Bertz CT molecular complexity index is 490. The molecule has 1 heterocycles. The van der Waals surface area contributed by atoms with Crippen molar-refractivity contribution in [1.29, 1.82) is 0 Å². The predicted molar refractivity (Wildman–Crippen MR) is 82.8 cm³/mol. The van der Waals surface area contributed by atoms with Gasteiger partial charge in [0.1, 0.15) is 0 Å². The van der Waals surface area contributed by atoms with Gasteiger partial charge in [0.2, 0.25) is 0 Å². The van der Waals surface area contributed by atoms with E-state index in [-0.39, 0.29) is 17.4 Å². The lowest BCUT2D eigenvalue weighted by atomic mass is 9.83. The zero-order chi connectivity index (χ0) is 14.9. The van der Waals surface area contributed by atoms with Gasteiger partial charge in [-0.2, -0.15) is 0 Å².